The third kappa shape index (κ3) is 4.29. The molecule has 4 heteroatoms. The van der Waals surface area contributed by atoms with Gasteiger partial charge in [0, 0.05) is 52.8 Å². The highest BCUT2D eigenvalue weighted by molar-refractivity contribution is 7.26. The van der Waals surface area contributed by atoms with Gasteiger partial charge in [-0.25, -0.2) is 9.97 Å². The van der Waals surface area contributed by atoms with Gasteiger partial charge in [0.25, 0.3) is 0 Å². The molecule has 250 valence electrons. The van der Waals surface area contributed by atoms with Crippen LogP contribution in [-0.2, 0) is 0 Å². The standard InChI is InChI=1S/C50H29N3S/c1-2-13-32(14-3-1)47-41-25-21-31-12-7-9-18-37(31)48(41)52-50(51-47)53-43-28-34-16-5-4-15-33(34)27-42(43)39-20-10-19-38(49(39)53)35-22-24-40-45(29-35)54-44-26-23-30-11-6-8-17-36(30)46(40)44/h1-29H. The summed E-state index contributed by atoms with van der Waals surface area (Å²) in [6.07, 6.45) is 0. The average molecular weight is 704 g/mol. The van der Waals surface area contributed by atoms with Crippen molar-refractivity contribution in [2.24, 2.45) is 0 Å². The summed E-state index contributed by atoms with van der Waals surface area (Å²) in [6.45, 7) is 0. The average Bonchev–Trinajstić information content (AvgIpc) is 3.78. The number of rotatable bonds is 3. The molecule has 0 saturated carbocycles. The van der Waals surface area contributed by atoms with E-state index >= 15 is 0 Å². The molecule has 12 rings (SSSR count). The molecule has 0 saturated heterocycles. The Bertz CT molecular complexity index is 3500. The van der Waals surface area contributed by atoms with Crippen molar-refractivity contribution >= 4 is 96.5 Å². The zero-order chi connectivity index (χ0) is 35.3. The molecule has 3 aromatic heterocycles. The van der Waals surface area contributed by atoms with Gasteiger partial charge < -0.3 is 0 Å². The lowest BCUT2D eigenvalue weighted by atomic mass is 9.99. The van der Waals surface area contributed by atoms with Crippen molar-refractivity contribution in [1.29, 1.82) is 0 Å². The maximum Gasteiger partial charge on any atom is 0.235 e. The van der Waals surface area contributed by atoms with Gasteiger partial charge in [0.1, 0.15) is 0 Å². The number of aromatic nitrogens is 3. The Balaban J connectivity index is 1.21. The highest BCUT2D eigenvalue weighted by atomic mass is 32.1. The van der Waals surface area contributed by atoms with Gasteiger partial charge in [-0.15, -0.1) is 11.3 Å². The number of hydrogen-bond acceptors (Lipinski definition) is 3. The Morgan fingerprint density at radius 3 is 1.94 bits per heavy atom. The zero-order valence-corrected chi connectivity index (χ0v) is 29.8. The topological polar surface area (TPSA) is 30.7 Å². The van der Waals surface area contributed by atoms with E-state index in [1.54, 1.807) is 0 Å². The number of benzene rings is 9. The van der Waals surface area contributed by atoms with Crippen LogP contribution in [0.4, 0.5) is 0 Å². The van der Waals surface area contributed by atoms with Crippen molar-refractivity contribution < 1.29 is 0 Å². The first kappa shape index (κ1) is 29.7. The smallest absolute Gasteiger partial charge is 0.235 e. The molecule has 12 aromatic rings. The van der Waals surface area contributed by atoms with Gasteiger partial charge in [0.05, 0.1) is 22.2 Å². The summed E-state index contributed by atoms with van der Waals surface area (Å²) in [5.41, 5.74) is 7.46. The quantitative estimate of drug-likeness (QED) is 0.172. The Morgan fingerprint density at radius 2 is 1.09 bits per heavy atom. The van der Waals surface area contributed by atoms with E-state index in [1.165, 1.54) is 58.1 Å². The SMILES string of the molecule is c1ccc(-c2nc(-n3c4cc5ccccc5cc4c4cccc(-c5ccc6c(c5)sc5ccc7ccccc7c56)c43)nc3c2ccc2ccccc23)cc1. The lowest BCUT2D eigenvalue weighted by Crippen LogP contribution is -2.04. The molecule has 0 amide bonds. The van der Waals surface area contributed by atoms with Crippen molar-refractivity contribution in [3.8, 4) is 28.3 Å². The summed E-state index contributed by atoms with van der Waals surface area (Å²) >= 11 is 1.87. The van der Waals surface area contributed by atoms with E-state index < -0.39 is 0 Å². The largest absolute Gasteiger partial charge is 0.277 e. The maximum absolute atomic E-state index is 5.51. The minimum Gasteiger partial charge on any atom is -0.277 e. The molecular formula is C50H29N3S. The van der Waals surface area contributed by atoms with E-state index in [0.717, 1.165) is 49.5 Å². The summed E-state index contributed by atoms with van der Waals surface area (Å²) < 4.78 is 4.91. The van der Waals surface area contributed by atoms with Crippen molar-refractivity contribution in [3.63, 3.8) is 0 Å². The third-order valence-corrected chi connectivity index (χ3v) is 12.3. The summed E-state index contributed by atoms with van der Waals surface area (Å²) in [4.78, 5) is 11.0. The minimum absolute atomic E-state index is 0.662. The maximum atomic E-state index is 5.51. The highest BCUT2D eigenvalue weighted by Gasteiger charge is 2.22. The molecule has 0 spiro atoms. The van der Waals surface area contributed by atoms with Crippen molar-refractivity contribution in [3.05, 3.63) is 176 Å². The first-order valence-electron chi connectivity index (χ1n) is 18.3. The molecule has 0 fully saturated rings. The normalized spacial score (nSPS) is 12.1. The van der Waals surface area contributed by atoms with Crippen LogP contribution in [0, 0.1) is 0 Å². The van der Waals surface area contributed by atoms with Crippen molar-refractivity contribution in [1.82, 2.24) is 14.5 Å². The Kier molecular flexibility index (Phi) is 6.21. The van der Waals surface area contributed by atoms with E-state index in [0.29, 0.717) is 5.95 Å². The molecule has 3 nitrogen and oxygen atoms in total. The van der Waals surface area contributed by atoms with Crippen LogP contribution in [0.15, 0.2) is 176 Å². The number of fused-ring (bicyclic) bond motifs is 12. The Labute approximate surface area is 314 Å². The lowest BCUT2D eigenvalue weighted by Gasteiger charge is -2.15. The summed E-state index contributed by atoms with van der Waals surface area (Å²) in [5.74, 6) is 0.662. The molecular weight excluding hydrogens is 675 g/mol. The van der Waals surface area contributed by atoms with E-state index in [1.807, 2.05) is 11.3 Å². The minimum atomic E-state index is 0.662. The second-order valence-electron chi connectivity index (χ2n) is 14.1. The van der Waals surface area contributed by atoms with Crippen molar-refractivity contribution in [2.75, 3.05) is 0 Å². The molecule has 0 aliphatic heterocycles. The highest BCUT2D eigenvalue weighted by Crippen LogP contribution is 2.44. The van der Waals surface area contributed by atoms with Gasteiger partial charge in [-0.1, -0.05) is 146 Å². The van der Waals surface area contributed by atoms with Gasteiger partial charge in [-0.2, -0.15) is 0 Å². The zero-order valence-electron chi connectivity index (χ0n) is 29.0. The molecule has 0 aliphatic rings. The van der Waals surface area contributed by atoms with Crippen LogP contribution < -0.4 is 0 Å². The third-order valence-electron chi connectivity index (χ3n) is 11.2. The summed E-state index contributed by atoms with van der Waals surface area (Å²) in [6, 6.07) is 63.6. The molecule has 0 unspecified atom stereocenters. The van der Waals surface area contributed by atoms with Crippen LogP contribution in [0.1, 0.15) is 0 Å². The van der Waals surface area contributed by atoms with Gasteiger partial charge in [-0.05, 0) is 62.8 Å². The predicted octanol–water partition coefficient (Wildman–Crippen LogP) is 13.9. The van der Waals surface area contributed by atoms with Crippen LogP contribution in [-0.4, -0.2) is 14.5 Å². The van der Waals surface area contributed by atoms with Gasteiger partial charge in [0.15, 0.2) is 0 Å². The van der Waals surface area contributed by atoms with Crippen LogP contribution >= 0.6 is 11.3 Å². The fraction of sp³-hybridized carbons (Fsp3) is 0. The van der Waals surface area contributed by atoms with Gasteiger partial charge in [0.2, 0.25) is 5.95 Å². The second kappa shape index (κ2) is 11.3. The van der Waals surface area contributed by atoms with Crippen LogP contribution in [0.3, 0.4) is 0 Å². The molecule has 0 bridgehead atoms. The molecule has 0 radical (unpaired) electrons. The molecule has 3 heterocycles. The lowest BCUT2D eigenvalue weighted by molar-refractivity contribution is 1.02. The van der Waals surface area contributed by atoms with Gasteiger partial charge in [-0.3, -0.25) is 4.57 Å². The van der Waals surface area contributed by atoms with Crippen LogP contribution in [0.5, 0.6) is 0 Å². The first-order chi connectivity index (χ1) is 26.8. The Morgan fingerprint density at radius 1 is 0.407 bits per heavy atom. The number of thiophene rings is 1. The van der Waals surface area contributed by atoms with E-state index in [-0.39, 0.29) is 0 Å². The van der Waals surface area contributed by atoms with E-state index in [4.69, 9.17) is 9.97 Å². The first-order valence-corrected chi connectivity index (χ1v) is 19.1. The van der Waals surface area contributed by atoms with Crippen molar-refractivity contribution in [2.45, 2.75) is 0 Å². The summed E-state index contributed by atoms with van der Waals surface area (Å²) in [5, 5.41) is 13.3. The second-order valence-corrected chi connectivity index (χ2v) is 15.2. The molecule has 9 aromatic carbocycles. The molecule has 54 heavy (non-hydrogen) atoms. The number of para-hydroxylation sites is 1. The molecule has 0 N–H and O–H groups in total. The molecule has 0 atom stereocenters. The van der Waals surface area contributed by atoms with E-state index in [9.17, 15) is 0 Å². The van der Waals surface area contributed by atoms with E-state index in [2.05, 4.69) is 180 Å². The number of nitrogens with zero attached hydrogens (tertiary/aromatic N) is 3. The van der Waals surface area contributed by atoms with Gasteiger partial charge >= 0.3 is 0 Å². The summed E-state index contributed by atoms with van der Waals surface area (Å²) in [7, 11) is 0. The molecule has 0 aliphatic carbocycles. The van der Waals surface area contributed by atoms with Crippen LogP contribution in [0.25, 0.3) is 114 Å². The Hall–Kier alpha value is -6.88. The fourth-order valence-electron chi connectivity index (χ4n) is 8.67. The monoisotopic (exact) mass is 703 g/mol. The van der Waals surface area contributed by atoms with Crippen LogP contribution in [0.2, 0.25) is 0 Å². The predicted molar refractivity (Wildman–Crippen MR) is 230 cm³/mol. The fourth-order valence-corrected chi connectivity index (χ4v) is 9.83. The number of hydrogen-bond donors (Lipinski definition) is 0.